The van der Waals surface area contributed by atoms with Gasteiger partial charge in [-0.05, 0) is 36.2 Å². The number of nitro groups is 1. The summed E-state index contributed by atoms with van der Waals surface area (Å²) in [6, 6.07) is 20.7. The van der Waals surface area contributed by atoms with Crippen molar-refractivity contribution < 1.29 is 14.4 Å². The average Bonchev–Trinajstić information content (AvgIpc) is 2.91. The van der Waals surface area contributed by atoms with Crippen LogP contribution in [0, 0.1) is 10.1 Å². The lowest BCUT2D eigenvalue weighted by atomic mass is 10.1. The van der Waals surface area contributed by atoms with Crippen LogP contribution in [-0.2, 0) is 0 Å². The van der Waals surface area contributed by atoms with Gasteiger partial charge < -0.3 is 14.4 Å². The zero-order chi connectivity index (χ0) is 25.3. The number of benzene rings is 3. The molecule has 0 aliphatic carbocycles. The van der Waals surface area contributed by atoms with Gasteiger partial charge in [0.2, 0.25) is 0 Å². The van der Waals surface area contributed by atoms with Crippen LogP contribution in [0.2, 0.25) is 0 Å². The Bertz CT molecular complexity index is 1220. The highest BCUT2D eigenvalue weighted by Gasteiger charge is 2.19. The number of nitrogens with zero attached hydrogens (tertiary/aromatic N) is 3. The molecule has 3 aromatic rings. The molecule has 0 atom stereocenters. The van der Waals surface area contributed by atoms with Crippen molar-refractivity contribution in [3.8, 4) is 11.5 Å². The molecule has 0 unspecified atom stereocenters. The quantitative estimate of drug-likeness (QED) is 0.116. The largest absolute Gasteiger partial charge is 0.495 e. The van der Waals surface area contributed by atoms with Crippen LogP contribution in [0.15, 0.2) is 71.2 Å². The summed E-state index contributed by atoms with van der Waals surface area (Å²) in [6.45, 7) is 5.35. The van der Waals surface area contributed by atoms with Gasteiger partial charge in [0.1, 0.15) is 11.5 Å². The first-order chi connectivity index (χ1) is 17.5. The second-order valence-electron chi connectivity index (χ2n) is 8.54. The standard InChI is InChI=1S/C28H30BrN3O4.ClH/c1-35-28-10-5-4-9-26(28)31-18-16-30(17-19-31)15-6-20-36-27-14-13-24(32(33)34)21-23(27)12-11-22-7-2-3-8-25(22)29;/h2-5,7-14,21H,6,15-20H2,1H3;1H/b12-11+;. The van der Waals surface area contributed by atoms with E-state index in [1.54, 1.807) is 19.2 Å². The van der Waals surface area contributed by atoms with E-state index in [4.69, 9.17) is 9.47 Å². The number of nitro benzene ring substituents is 1. The van der Waals surface area contributed by atoms with Crippen LogP contribution in [0.25, 0.3) is 12.2 Å². The highest BCUT2D eigenvalue weighted by molar-refractivity contribution is 9.10. The van der Waals surface area contributed by atoms with Crippen molar-refractivity contribution in [2.24, 2.45) is 0 Å². The van der Waals surface area contributed by atoms with Crippen molar-refractivity contribution in [3.05, 3.63) is 92.4 Å². The first-order valence-electron chi connectivity index (χ1n) is 12.0. The molecule has 1 heterocycles. The van der Waals surface area contributed by atoms with Gasteiger partial charge in [0.15, 0.2) is 0 Å². The van der Waals surface area contributed by atoms with E-state index in [1.165, 1.54) is 6.07 Å². The number of anilines is 1. The summed E-state index contributed by atoms with van der Waals surface area (Å²) >= 11 is 3.53. The Balaban J connectivity index is 0.00000380. The zero-order valence-electron chi connectivity index (χ0n) is 20.7. The van der Waals surface area contributed by atoms with Gasteiger partial charge in [0.25, 0.3) is 5.69 Å². The van der Waals surface area contributed by atoms with Crippen LogP contribution in [0.1, 0.15) is 17.5 Å². The summed E-state index contributed by atoms with van der Waals surface area (Å²) in [7, 11) is 1.71. The van der Waals surface area contributed by atoms with Crippen LogP contribution >= 0.6 is 28.3 Å². The fraction of sp³-hybridized carbons (Fsp3) is 0.286. The van der Waals surface area contributed by atoms with Gasteiger partial charge in [0, 0.05) is 54.9 Å². The number of hydrogen-bond donors (Lipinski definition) is 0. The van der Waals surface area contributed by atoms with E-state index in [9.17, 15) is 10.1 Å². The van der Waals surface area contributed by atoms with Gasteiger partial charge in [-0.1, -0.05) is 58.4 Å². The Morgan fingerprint density at radius 3 is 2.38 bits per heavy atom. The van der Waals surface area contributed by atoms with Crippen molar-refractivity contribution in [2.75, 3.05) is 51.3 Å². The third-order valence-corrected chi connectivity index (χ3v) is 6.95. The summed E-state index contributed by atoms with van der Waals surface area (Å²) in [5.74, 6) is 1.55. The van der Waals surface area contributed by atoms with Crippen molar-refractivity contribution in [3.63, 3.8) is 0 Å². The van der Waals surface area contributed by atoms with Gasteiger partial charge >= 0.3 is 0 Å². The van der Waals surface area contributed by atoms with Gasteiger partial charge in [-0.25, -0.2) is 0 Å². The van der Waals surface area contributed by atoms with Gasteiger partial charge in [-0.3, -0.25) is 15.0 Å². The number of halogens is 2. The van der Waals surface area contributed by atoms with Crippen molar-refractivity contribution in [2.45, 2.75) is 6.42 Å². The first-order valence-corrected chi connectivity index (χ1v) is 12.8. The van der Waals surface area contributed by atoms with Crippen molar-refractivity contribution in [1.82, 2.24) is 4.90 Å². The van der Waals surface area contributed by atoms with E-state index in [1.807, 2.05) is 54.6 Å². The molecule has 9 heteroatoms. The fourth-order valence-corrected chi connectivity index (χ4v) is 4.69. The summed E-state index contributed by atoms with van der Waals surface area (Å²) in [5.41, 5.74) is 2.86. The molecule has 0 amide bonds. The molecule has 0 radical (unpaired) electrons. The maximum absolute atomic E-state index is 11.3. The molecule has 196 valence electrons. The third kappa shape index (κ3) is 7.71. The molecule has 4 rings (SSSR count). The lowest BCUT2D eigenvalue weighted by molar-refractivity contribution is -0.384. The molecule has 3 aromatic carbocycles. The van der Waals surface area contributed by atoms with Crippen LogP contribution in [-0.4, -0.2) is 56.3 Å². The normalized spacial score (nSPS) is 13.8. The first kappa shape index (κ1) is 28.5. The van der Waals surface area contributed by atoms with E-state index >= 15 is 0 Å². The molecule has 0 bridgehead atoms. The Hall–Kier alpha value is -3.07. The van der Waals surface area contributed by atoms with E-state index in [2.05, 4.69) is 31.8 Å². The van der Waals surface area contributed by atoms with E-state index < -0.39 is 0 Å². The molecule has 1 fully saturated rings. The maximum Gasteiger partial charge on any atom is 0.270 e. The lowest BCUT2D eigenvalue weighted by Gasteiger charge is -2.36. The summed E-state index contributed by atoms with van der Waals surface area (Å²) in [6.07, 6.45) is 4.66. The van der Waals surface area contributed by atoms with E-state index in [-0.39, 0.29) is 23.0 Å². The zero-order valence-corrected chi connectivity index (χ0v) is 23.1. The second-order valence-corrected chi connectivity index (χ2v) is 9.39. The summed E-state index contributed by atoms with van der Waals surface area (Å²) in [5, 5.41) is 11.3. The third-order valence-electron chi connectivity index (χ3n) is 6.23. The number of ether oxygens (including phenoxy) is 2. The number of methoxy groups -OCH3 is 1. The Morgan fingerprint density at radius 2 is 1.65 bits per heavy atom. The molecular weight excluding hydrogens is 558 g/mol. The Morgan fingerprint density at radius 1 is 0.946 bits per heavy atom. The molecule has 37 heavy (non-hydrogen) atoms. The smallest absolute Gasteiger partial charge is 0.270 e. The van der Waals surface area contributed by atoms with Gasteiger partial charge in [-0.2, -0.15) is 0 Å². The lowest BCUT2D eigenvalue weighted by Crippen LogP contribution is -2.46. The van der Waals surface area contributed by atoms with Gasteiger partial charge in [-0.15, -0.1) is 12.4 Å². The second kappa shape index (κ2) is 14.0. The Labute approximate surface area is 232 Å². The molecule has 0 saturated carbocycles. The molecular formula is C28H31BrClN3O4. The van der Waals surface area contributed by atoms with Crippen LogP contribution in [0.4, 0.5) is 11.4 Å². The molecule has 7 nitrogen and oxygen atoms in total. The molecule has 0 aromatic heterocycles. The summed E-state index contributed by atoms with van der Waals surface area (Å²) in [4.78, 5) is 15.7. The molecule has 1 aliphatic rings. The van der Waals surface area contributed by atoms with Crippen LogP contribution < -0.4 is 14.4 Å². The number of non-ortho nitro benzene ring substituents is 1. The Kier molecular flexibility index (Phi) is 10.8. The van der Waals surface area contributed by atoms with Crippen molar-refractivity contribution >= 4 is 51.9 Å². The molecule has 1 aliphatic heterocycles. The molecule has 1 saturated heterocycles. The van der Waals surface area contributed by atoms with E-state index in [0.717, 1.165) is 60.6 Å². The monoisotopic (exact) mass is 587 g/mol. The number of piperazine rings is 1. The van der Waals surface area contributed by atoms with E-state index in [0.29, 0.717) is 17.9 Å². The number of hydrogen-bond acceptors (Lipinski definition) is 6. The van der Waals surface area contributed by atoms with Crippen LogP contribution in [0.3, 0.4) is 0 Å². The summed E-state index contributed by atoms with van der Waals surface area (Å²) < 4.78 is 12.5. The molecule has 0 N–H and O–H groups in total. The average molecular weight is 589 g/mol. The number of rotatable bonds is 10. The van der Waals surface area contributed by atoms with Crippen LogP contribution in [0.5, 0.6) is 11.5 Å². The minimum Gasteiger partial charge on any atom is -0.495 e. The SMILES string of the molecule is COc1ccccc1N1CCN(CCCOc2ccc([N+](=O)[O-])cc2/C=C/c2ccccc2Br)CC1.Cl. The minimum atomic E-state index is -0.385. The topological polar surface area (TPSA) is 68.1 Å². The molecule has 0 spiro atoms. The van der Waals surface area contributed by atoms with Gasteiger partial charge in [0.05, 0.1) is 24.3 Å². The van der Waals surface area contributed by atoms with Crippen molar-refractivity contribution in [1.29, 1.82) is 0 Å². The number of para-hydroxylation sites is 2. The predicted octanol–water partition coefficient (Wildman–Crippen LogP) is 6.55. The highest BCUT2D eigenvalue weighted by atomic mass is 79.9. The predicted molar refractivity (Wildman–Crippen MR) is 155 cm³/mol. The minimum absolute atomic E-state index is 0. The fourth-order valence-electron chi connectivity index (χ4n) is 4.27. The highest BCUT2D eigenvalue weighted by Crippen LogP contribution is 2.29. The maximum atomic E-state index is 11.3.